The largest absolute Gasteiger partial charge is 0.480 e. The lowest BCUT2D eigenvalue weighted by Gasteiger charge is -2.36. The van der Waals surface area contributed by atoms with E-state index in [0.29, 0.717) is 19.7 Å². The molecule has 0 spiro atoms. The predicted octanol–water partition coefficient (Wildman–Crippen LogP) is 2.29. The lowest BCUT2D eigenvalue weighted by atomic mass is 9.92. The van der Waals surface area contributed by atoms with E-state index in [2.05, 4.69) is 0 Å². The Balaban J connectivity index is 1.66. The van der Waals surface area contributed by atoms with E-state index < -0.39 is 12.0 Å². The highest BCUT2D eigenvalue weighted by Crippen LogP contribution is 2.29. The molecule has 2 saturated heterocycles. The smallest absolute Gasteiger partial charge is 0.325 e. The fraction of sp³-hybridized carbons (Fsp3) is 0.600. The van der Waals surface area contributed by atoms with Crippen molar-refractivity contribution in [3.63, 3.8) is 0 Å². The molecular formula is C20H28N2O4. The highest BCUT2D eigenvalue weighted by atomic mass is 16.5. The number of ether oxygens (including phenoxy) is 1. The molecule has 0 radical (unpaired) electrons. The number of benzene rings is 1. The summed E-state index contributed by atoms with van der Waals surface area (Å²) in [7, 11) is 1.63. The molecule has 1 aromatic rings. The fourth-order valence-corrected chi connectivity index (χ4v) is 4.13. The van der Waals surface area contributed by atoms with Crippen molar-refractivity contribution < 1.29 is 19.4 Å². The van der Waals surface area contributed by atoms with Gasteiger partial charge in [0.15, 0.2) is 0 Å². The van der Waals surface area contributed by atoms with Crippen molar-refractivity contribution in [2.24, 2.45) is 5.92 Å². The Bertz CT molecular complexity index is 634. The van der Waals surface area contributed by atoms with E-state index >= 15 is 0 Å². The van der Waals surface area contributed by atoms with Crippen LogP contribution >= 0.6 is 0 Å². The third-order valence-electron chi connectivity index (χ3n) is 5.47. The number of amides is 1. The maximum atomic E-state index is 12.6. The first-order valence-corrected chi connectivity index (χ1v) is 9.43. The average molecular weight is 360 g/mol. The van der Waals surface area contributed by atoms with Crippen LogP contribution in [-0.2, 0) is 20.9 Å². The average Bonchev–Trinajstić information content (AvgIpc) is 3.17. The second kappa shape index (κ2) is 8.64. The highest BCUT2D eigenvalue weighted by molar-refractivity contribution is 5.79. The standard InChI is InChI=1S/C20H28N2O4/c1-26-14-15-5-4-6-17(13-15)18(20(24)25)21-11-7-16(8-12-21)19(23)22-9-2-3-10-22/h4-6,13,16,18H,2-3,7-12,14H2,1H3,(H,24,25). The van der Waals surface area contributed by atoms with Crippen LogP contribution in [0.2, 0.25) is 0 Å². The van der Waals surface area contributed by atoms with Gasteiger partial charge < -0.3 is 14.7 Å². The maximum Gasteiger partial charge on any atom is 0.325 e. The molecule has 1 unspecified atom stereocenters. The molecule has 1 amide bonds. The van der Waals surface area contributed by atoms with Crippen molar-refractivity contribution in [2.75, 3.05) is 33.3 Å². The Labute approximate surface area is 154 Å². The van der Waals surface area contributed by atoms with Gasteiger partial charge >= 0.3 is 5.97 Å². The van der Waals surface area contributed by atoms with Crippen LogP contribution in [0.3, 0.4) is 0 Å². The number of hydrogen-bond acceptors (Lipinski definition) is 4. The van der Waals surface area contributed by atoms with Crippen LogP contribution in [0.25, 0.3) is 0 Å². The van der Waals surface area contributed by atoms with Crippen molar-refractivity contribution in [1.29, 1.82) is 0 Å². The molecule has 142 valence electrons. The molecular weight excluding hydrogens is 332 g/mol. The number of nitrogens with zero attached hydrogens (tertiary/aromatic N) is 2. The minimum atomic E-state index is -0.844. The molecule has 6 heteroatoms. The summed E-state index contributed by atoms with van der Waals surface area (Å²) >= 11 is 0. The molecule has 2 heterocycles. The van der Waals surface area contributed by atoms with Crippen molar-refractivity contribution in [3.8, 4) is 0 Å². The van der Waals surface area contributed by atoms with Crippen molar-refractivity contribution >= 4 is 11.9 Å². The number of methoxy groups -OCH3 is 1. The fourth-order valence-electron chi connectivity index (χ4n) is 4.13. The Morgan fingerprint density at radius 3 is 2.50 bits per heavy atom. The van der Waals surface area contributed by atoms with Gasteiger partial charge in [0, 0.05) is 39.2 Å². The third kappa shape index (κ3) is 4.24. The molecule has 2 aliphatic heterocycles. The van der Waals surface area contributed by atoms with E-state index in [1.807, 2.05) is 34.1 Å². The summed E-state index contributed by atoms with van der Waals surface area (Å²) < 4.78 is 5.15. The molecule has 1 atom stereocenters. The Morgan fingerprint density at radius 1 is 1.19 bits per heavy atom. The summed E-state index contributed by atoms with van der Waals surface area (Å²) in [4.78, 5) is 28.5. The number of piperidine rings is 1. The topological polar surface area (TPSA) is 70.1 Å². The molecule has 6 nitrogen and oxygen atoms in total. The molecule has 0 aromatic heterocycles. The number of carbonyl (C=O) groups is 2. The van der Waals surface area contributed by atoms with E-state index in [4.69, 9.17) is 4.74 Å². The minimum absolute atomic E-state index is 0.0404. The summed E-state index contributed by atoms with van der Waals surface area (Å²) in [5.41, 5.74) is 1.74. The van der Waals surface area contributed by atoms with Gasteiger partial charge in [0.2, 0.25) is 5.91 Å². The van der Waals surface area contributed by atoms with Gasteiger partial charge in [-0.25, -0.2) is 0 Å². The molecule has 1 N–H and O–H groups in total. The number of hydrogen-bond donors (Lipinski definition) is 1. The molecule has 0 saturated carbocycles. The number of carboxylic acid groups (broad SMARTS) is 1. The number of rotatable bonds is 6. The van der Waals surface area contributed by atoms with Gasteiger partial charge in [0.1, 0.15) is 6.04 Å². The van der Waals surface area contributed by atoms with Gasteiger partial charge in [-0.05, 0) is 36.8 Å². The van der Waals surface area contributed by atoms with Crippen LogP contribution in [0.1, 0.15) is 42.9 Å². The Morgan fingerprint density at radius 2 is 1.88 bits per heavy atom. The molecule has 3 rings (SSSR count). The van der Waals surface area contributed by atoms with Crippen molar-refractivity contribution in [2.45, 2.75) is 38.3 Å². The first-order valence-electron chi connectivity index (χ1n) is 9.43. The quantitative estimate of drug-likeness (QED) is 0.843. The second-order valence-electron chi connectivity index (χ2n) is 7.26. The Kier molecular flexibility index (Phi) is 6.27. The van der Waals surface area contributed by atoms with Crippen LogP contribution in [0.5, 0.6) is 0 Å². The predicted molar refractivity (Wildman–Crippen MR) is 97.6 cm³/mol. The summed E-state index contributed by atoms with van der Waals surface area (Å²) in [6.45, 7) is 3.49. The van der Waals surface area contributed by atoms with Crippen LogP contribution in [0, 0.1) is 5.92 Å². The zero-order chi connectivity index (χ0) is 18.5. The molecule has 2 aliphatic rings. The van der Waals surface area contributed by atoms with Gasteiger partial charge in [0.25, 0.3) is 0 Å². The van der Waals surface area contributed by atoms with E-state index in [1.165, 1.54) is 0 Å². The zero-order valence-electron chi connectivity index (χ0n) is 15.4. The van der Waals surface area contributed by atoms with Crippen LogP contribution in [0.4, 0.5) is 0 Å². The van der Waals surface area contributed by atoms with E-state index in [-0.39, 0.29) is 11.8 Å². The molecule has 1 aromatic carbocycles. The normalized spacial score (nSPS) is 20.3. The van der Waals surface area contributed by atoms with Crippen LogP contribution in [-0.4, -0.2) is 60.1 Å². The number of carboxylic acids is 1. The number of carbonyl (C=O) groups excluding carboxylic acids is 1. The molecule has 26 heavy (non-hydrogen) atoms. The van der Waals surface area contributed by atoms with E-state index in [1.54, 1.807) is 7.11 Å². The summed E-state index contributed by atoms with van der Waals surface area (Å²) in [5.74, 6) is -0.543. The van der Waals surface area contributed by atoms with Crippen LogP contribution < -0.4 is 0 Å². The van der Waals surface area contributed by atoms with Gasteiger partial charge in [0.05, 0.1) is 6.61 Å². The number of likely N-dealkylation sites (tertiary alicyclic amines) is 2. The lowest BCUT2D eigenvalue weighted by Crippen LogP contribution is -2.44. The zero-order valence-corrected chi connectivity index (χ0v) is 15.4. The van der Waals surface area contributed by atoms with E-state index in [9.17, 15) is 14.7 Å². The van der Waals surface area contributed by atoms with Gasteiger partial charge in [-0.3, -0.25) is 14.5 Å². The lowest BCUT2D eigenvalue weighted by molar-refractivity contribution is -0.144. The highest BCUT2D eigenvalue weighted by Gasteiger charge is 2.35. The van der Waals surface area contributed by atoms with Gasteiger partial charge in [-0.15, -0.1) is 0 Å². The monoisotopic (exact) mass is 360 g/mol. The SMILES string of the molecule is COCc1cccc(C(C(=O)O)N2CCC(C(=O)N3CCCC3)CC2)c1. The first kappa shape index (κ1) is 18.9. The van der Waals surface area contributed by atoms with Crippen LogP contribution in [0.15, 0.2) is 24.3 Å². The number of aliphatic carboxylic acids is 1. The minimum Gasteiger partial charge on any atom is -0.480 e. The molecule has 0 bridgehead atoms. The van der Waals surface area contributed by atoms with Crippen molar-refractivity contribution in [1.82, 2.24) is 9.80 Å². The second-order valence-corrected chi connectivity index (χ2v) is 7.26. The first-order chi connectivity index (χ1) is 12.6. The maximum absolute atomic E-state index is 12.6. The van der Waals surface area contributed by atoms with Crippen molar-refractivity contribution in [3.05, 3.63) is 35.4 Å². The summed E-state index contributed by atoms with van der Waals surface area (Å²) in [6, 6.07) is 6.91. The van der Waals surface area contributed by atoms with E-state index in [0.717, 1.165) is 49.9 Å². The molecule has 0 aliphatic carbocycles. The van der Waals surface area contributed by atoms with Gasteiger partial charge in [-0.1, -0.05) is 24.3 Å². The third-order valence-corrected chi connectivity index (χ3v) is 5.47. The molecule has 2 fully saturated rings. The summed E-state index contributed by atoms with van der Waals surface area (Å²) in [5, 5.41) is 9.80. The van der Waals surface area contributed by atoms with Gasteiger partial charge in [-0.2, -0.15) is 0 Å². The Hall–Kier alpha value is -1.92. The summed E-state index contributed by atoms with van der Waals surface area (Å²) in [6.07, 6.45) is 3.67.